The summed E-state index contributed by atoms with van der Waals surface area (Å²) < 4.78 is 1.96. The van der Waals surface area contributed by atoms with E-state index in [2.05, 4.69) is 20.9 Å². The molecular formula is C10H8BrNOS2. The minimum atomic E-state index is 0.0583. The first kappa shape index (κ1) is 11.1. The van der Waals surface area contributed by atoms with E-state index in [9.17, 15) is 0 Å². The average Bonchev–Trinajstić information content (AvgIpc) is 2.71. The van der Waals surface area contributed by atoms with E-state index in [0.29, 0.717) is 0 Å². The van der Waals surface area contributed by atoms with Crippen LogP contribution in [0.3, 0.4) is 0 Å². The molecular weight excluding hydrogens is 294 g/mol. The average molecular weight is 302 g/mol. The van der Waals surface area contributed by atoms with Gasteiger partial charge in [0, 0.05) is 20.9 Å². The van der Waals surface area contributed by atoms with Crippen molar-refractivity contribution >= 4 is 39.0 Å². The van der Waals surface area contributed by atoms with Crippen molar-refractivity contribution in [2.24, 2.45) is 0 Å². The molecule has 0 atom stereocenters. The minimum Gasteiger partial charge on any atom is -0.392 e. The summed E-state index contributed by atoms with van der Waals surface area (Å²) in [5.74, 6) is 0. The maximum absolute atomic E-state index is 9.02. The third kappa shape index (κ3) is 2.81. The molecule has 1 N–H and O–H groups in total. The molecule has 0 amide bonds. The van der Waals surface area contributed by atoms with Crippen LogP contribution >= 0.6 is 39.0 Å². The van der Waals surface area contributed by atoms with Gasteiger partial charge in [-0.3, -0.25) is 0 Å². The molecule has 0 saturated heterocycles. The van der Waals surface area contributed by atoms with Crippen molar-refractivity contribution in [3.63, 3.8) is 0 Å². The molecule has 0 spiro atoms. The fourth-order valence-corrected chi connectivity index (χ4v) is 3.37. The van der Waals surface area contributed by atoms with Crippen LogP contribution in [0.5, 0.6) is 0 Å². The predicted octanol–water partition coefficient (Wildman–Crippen LogP) is 3.55. The topological polar surface area (TPSA) is 33.1 Å². The van der Waals surface area contributed by atoms with E-state index < -0.39 is 0 Å². The lowest BCUT2D eigenvalue weighted by Gasteiger charge is -2.03. The number of halogens is 1. The molecule has 2 nitrogen and oxygen atoms in total. The van der Waals surface area contributed by atoms with Crippen molar-refractivity contribution in [1.82, 2.24) is 4.98 Å². The molecule has 15 heavy (non-hydrogen) atoms. The Morgan fingerprint density at radius 1 is 1.47 bits per heavy atom. The smallest absolute Gasteiger partial charge is 0.154 e. The Morgan fingerprint density at radius 3 is 2.93 bits per heavy atom. The van der Waals surface area contributed by atoms with E-state index in [1.54, 1.807) is 29.3 Å². The summed E-state index contributed by atoms with van der Waals surface area (Å²) in [7, 11) is 0. The number of rotatable bonds is 3. The third-order valence-corrected chi connectivity index (χ3v) is 4.42. The molecule has 2 aromatic rings. The second-order valence-electron chi connectivity index (χ2n) is 2.81. The molecule has 78 valence electrons. The zero-order valence-electron chi connectivity index (χ0n) is 7.68. The van der Waals surface area contributed by atoms with Gasteiger partial charge in [-0.25, -0.2) is 4.98 Å². The first-order valence-electron chi connectivity index (χ1n) is 4.26. The zero-order chi connectivity index (χ0) is 10.7. The summed E-state index contributed by atoms with van der Waals surface area (Å²) in [5, 5.41) is 11.0. The standard InChI is InChI=1S/C10H8BrNOS2/c11-9-5-8(2-1-7(9)6-13)15-10-12-3-4-14-10/h1-5,13H,6H2. The maximum atomic E-state index is 9.02. The first-order valence-corrected chi connectivity index (χ1v) is 6.75. The lowest BCUT2D eigenvalue weighted by atomic mass is 10.2. The molecule has 0 aliphatic heterocycles. The predicted molar refractivity (Wildman–Crippen MR) is 66.3 cm³/mol. The number of benzene rings is 1. The van der Waals surface area contributed by atoms with Gasteiger partial charge >= 0.3 is 0 Å². The van der Waals surface area contributed by atoms with Crippen molar-refractivity contribution < 1.29 is 5.11 Å². The van der Waals surface area contributed by atoms with Gasteiger partial charge in [0.05, 0.1) is 6.61 Å². The van der Waals surface area contributed by atoms with Crippen LogP contribution in [-0.4, -0.2) is 10.1 Å². The monoisotopic (exact) mass is 301 g/mol. The van der Waals surface area contributed by atoms with Gasteiger partial charge in [-0.1, -0.05) is 33.8 Å². The highest BCUT2D eigenvalue weighted by Gasteiger charge is 2.03. The molecule has 0 saturated carbocycles. The van der Waals surface area contributed by atoms with Crippen LogP contribution in [0, 0.1) is 0 Å². The van der Waals surface area contributed by atoms with Crippen molar-refractivity contribution in [3.8, 4) is 0 Å². The molecule has 1 heterocycles. The minimum absolute atomic E-state index is 0.0583. The van der Waals surface area contributed by atoms with Gasteiger partial charge in [0.15, 0.2) is 4.34 Å². The number of aromatic nitrogens is 1. The molecule has 0 bridgehead atoms. The van der Waals surface area contributed by atoms with E-state index in [0.717, 1.165) is 19.3 Å². The largest absolute Gasteiger partial charge is 0.392 e. The lowest BCUT2D eigenvalue weighted by Crippen LogP contribution is -1.84. The van der Waals surface area contributed by atoms with Crippen LogP contribution in [0.4, 0.5) is 0 Å². The van der Waals surface area contributed by atoms with Gasteiger partial charge in [-0.15, -0.1) is 11.3 Å². The summed E-state index contributed by atoms with van der Waals surface area (Å²) in [4.78, 5) is 5.32. The van der Waals surface area contributed by atoms with Crippen LogP contribution < -0.4 is 0 Å². The number of hydrogen-bond acceptors (Lipinski definition) is 4. The molecule has 1 aromatic heterocycles. The quantitative estimate of drug-likeness (QED) is 0.941. The summed E-state index contributed by atoms with van der Waals surface area (Å²) in [6.45, 7) is 0.0583. The molecule has 2 rings (SSSR count). The Labute approximate surface area is 104 Å². The van der Waals surface area contributed by atoms with Gasteiger partial charge in [0.2, 0.25) is 0 Å². The van der Waals surface area contributed by atoms with Crippen molar-refractivity contribution in [1.29, 1.82) is 0 Å². The zero-order valence-corrected chi connectivity index (χ0v) is 10.9. The second-order valence-corrected chi connectivity index (χ2v) is 5.88. The second kappa shape index (κ2) is 5.12. The number of hydrogen-bond donors (Lipinski definition) is 1. The molecule has 0 fully saturated rings. The Kier molecular flexibility index (Phi) is 3.80. The third-order valence-electron chi connectivity index (χ3n) is 1.81. The van der Waals surface area contributed by atoms with E-state index >= 15 is 0 Å². The Hall–Kier alpha value is -0.360. The Bertz CT molecular complexity index is 445. The van der Waals surface area contributed by atoms with Crippen molar-refractivity contribution in [2.45, 2.75) is 15.8 Å². The molecule has 1 aromatic carbocycles. The number of aliphatic hydroxyl groups excluding tert-OH is 1. The van der Waals surface area contributed by atoms with E-state index in [1.807, 2.05) is 23.6 Å². The first-order chi connectivity index (χ1) is 7.29. The fourth-order valence-electron chi connectivity index (χ4n) is 1.08. The molecule has 5 heteroatoms. The van der Waals surface area contributed by atoms with Crippen LogP contribution in [-0.2, 0) is 6.61 Å². The Balaban J connectivity index is 2.20. The summed E-state index contributed by atoms with van der Waals surface area (Å²) in [5.41, 5.74) is 0.901. The summed E-state index contributed by atoms with van der Waals surface area (Å²) >= 11 is 6.67. The van der Waals surface area contributed by atoms with Gasteiger partial charge in [0.1, 0.15) is 0 Å². The molecule has 0 unspecified atom stereocenters. The maximum Gasteiger partial charge on any atom is 0.154 e. The molecule has 0 radical (unpaired) electrons. The molecule has 0 aliphatic rings. The van der Waals surface area contributed by atoms with E-state index in [-0.39, 0.29) is 6.61 Å². The van der Waals surface area contributed by atoms with Crippen LogP contribution in [0.25, 0.3) is 0 Å². The summed E-state index contributed by atoms with van der Waals surface area (Å²) in [6, 6.07) is 5.90. The van der Waals surface area contributed by atoms with Gasteiger partial charge in [0.25, 0.3) is 0 Å². The number of aliphatic hydroxyl groups is 1. The number of thiazole rings is 1. The highest BCUT2D eigenvalue weighted by molar-refractivity contribution is 9.10. The van der Waals surface area contributed by atoms with Crippen LogP contribution in [0.15, 0.2) is 43.5 Å². The van der Waals surface area contributed by atoms with Gasteiger partial charge in [-0.2, -0.15) is 0 Å². The molecule has 0 aliphatic carbocycles. The highest BCUT2D eigenvalue weighted by Crippen LogP contribution is 2.31. The lowest BCUT2D eigenvalue weighted by molar-refractivity contribution is 0.281. The normalized spacial score (nSPS) is 10.5. The van der Waals surface area contributed by atoms with Crippen molar-refractivity contribution in [2.75, 3.05) is 0 Å². The van der Waals surface area contributed by atoms with Crippen LogP contribution in [0.1, 0.15) is 5.56 Å². The van der Waals surface area contributed by atoms with Gasteiger partial charge in [-0.05, 0) is 17.7 Å². The Morgan fingerprint density at radius 2 is 2.33 bits per heavy atom. The van der Waals surface area contributed by atoms with E-state index in [4.69, 9.17) is 5.11 Å². The van der Waals surface area contributed by atoms with Crippen molar-refractivity contribution in [3.05, 3.63) is 39.8 Å². The van der Waals surface area contributed by atoms with Crippen LogP contribution in [0.2, 0.25) is 0 Å². The summed E-state index contributed by atoms with van der Waals surface area (Å²) in [6.07, 6.45) is 1.80. The number of nitrogens with zero attached hydrogens (tertiary/aromatic N) is 1. The van der Waals surface area contributed by atoms with Gasteiger partial charge < -0.3 is 5.11 Å². The highest BCUT2D eigenvalue weighted by atomic mass is 79.9. The SMILES string of the molecule is OCc1ccc(Sc2nccs2)cc1Br. The van der Waals surface area contributed by atoms with E-state index in [1.165, 1.54) is 0 Å². The fraction of sp³-hybridized carbons (Fsp3) is 0.100.